The van der Waals surface area contributed by atoms with Gasteiger partial charge in [0.05, 0.1) is 5.69 Å². The Labute approximate surface area is 112 Å². The Kier molecular flexibility index (Phi) is 3.85. The second-order valence-electron chi connectivity index (χ2n) is 4.32. The maximum Gasteiger partial charge on any atom is 0.295 e. The molecule has 0 saturated carbocycles. The number of rotatable bonds is 4. The zero-order valence-corrected chi connectivity index (χ0v) is 11.1. The first-order chi connectivity index (χ1) is 9.13. The molecule has 0 bridgehead atoms. The largest absolute Gasteiger partial charge is 0.438 e. The summed E-state index contributed by atoms with van der Waals surface area (Å²) in [4.78, 5) is 18.1. The Bertz CT molecular complexity index is 578. The van der Waals surface area contributed by atoms with Crippen LogP contribution in [0, 0.1) is 6.92 Å². The standard InChI is InChI=1S/C14H17N3O2/c1-3-7-17(12-6-4-5-11(15)8-12)14(18)13-10(2)16-9-19-13/h4-6,8-9H,3,7,15H2,1-2H3. The van der Waals surface area contributed by atoms with Crippen molar-refractivity contribution in [1.29, 1.82) is 0 Å². The Hall–Kier alpha value is -2.30. The third-order valence-electron chi connectivity index (χ3n) is 2.81. The SMILES string of the molecule is CCCN(C(=O)c1ocnc1C)c1cccc(N)c1. The molecule has 2 rings (SSSR count). The molecule has 1 aromatic carbocycles. The molecule has 5 heteroatoms. The molecule has 1 amide bonds. The van der Waals surface area contributed by atoms with Crippen molar-refractivity contribution in [3.05, 3.63) is 42.1 Å². The molecule has 0 fully saturated rings. The van der Waals surface area contributed by atoms with Gasteiger partial charge < -0.3 is 15.1 Å². The Morgan fingerprint density at radius 2 is 2.26 bits per heavy atom. The minimum Gasteiger partial charge on any atom is -0.438 e. The van der Waals surface area contributed by atoms with Crippen molar-refractivity contribution in [1.82, 2.24) is 4.98 Å². The quantitative estimate of drug-likeness (QED) is 0.857. The van der Waals surface area contributed by atoms with Gasteiger partial charge in [0, 0.05) is 17.9 Å². The molecule has 2 N–H and O–H groups in total. The monoisotopic (exact) mass is 259 g/mol. The smallest absolute Gasteiger partial charge is 0.295 e. The highest BCUT2D eigenvalue weighted by Crippen LogP contribution is 2.21. The van der Waals surface area contributed by atoms with Crippen LogP contribution in [-0.4, -0.2) is 17.4 Å². The molecule has 19 heavy (non-hydrogen) atoms. The zero-order valence-electron chi connectivity index (χ0n) is 11.1. The van der Waals surface area contributed by atoms with Crippen LogP contribution in [-0.2, 0) is 0 Å². The minimum atomic E-state index is -0.192. The third kappa shape index (κ3) is 2.76. The average Bonchev–Trinajstić information content (AvgIpc) is 2.81. The van der Waals surface area contributed by atoms with E-state index in [0.717, 1.165) is 12.1 Å². The van der Waals surface area contributed by atoms with Crippen LogP contribution in [0.15, 0.2) is 35.1 Å². The van der Waals surface area contributed by atoms with E-state index in [9.17, 15) is 4.79 Å². The van der Waals surface area contributed by atoms with E-state index in [4.69, 9.17) is 10.2 Å². The van der Waals surface area contributed by atoms with Gasteiger partial charge >= 0.3 is 0 Å². The Morgan fingerprint density at radius 1 is 1.47 bits per heavy atom. The summed E-state index contributed by atoms with van der Waals surface area (Å²) >= 11 is 0. The van der Waals surface area contributed by atoms with Gasteiger partial charge in [-0.05, 0) is 31.5 Å². The predicted octanol–water partition coefficient (Wildman–Crippen LogP) is 2.62. The number of hydrogen-bond acceptors (Lipinski definition) is 4. The second-order valence-corrected chi connectivity index (χ2v) is 4.32. The molecule has 0 aliphatic rings. The number of anilines is 2. The van der Waals surface area contributed by atoms with Crippen molar-refractivity contribution in [3.8, 4) is 0 Å². The second kappa shape index (κ2) is 5.56. The number of benzene rings is 1. The molecule has 0 atom stereocenters. The fraction of sp³-hybridized carbons (Fsp3) is 0.286. The molecule has 2 aromatic rings. The summed E-state index contributed by atoms with van der Waals surface area (Å²) in [7, 11) is 0. The van der Waals surface area contributed by atoms with Crippen LogP contribution in [0.25, 0.3) is 0 Å². The molecule has 1 heterocycles. The van der Waals surface area contributed by atoms with Crippen molar-refractivity contribution in [2.24, 2.45) is 0 Å². The lowest BCUT2D eigenvalue weighted by Gasteiger charge is -2.21. The molecular weight excluding hydrogens is 242 g/mol. The first-order valence-corrected chi connectivity index (χ1v) is 6.21. The molecule has 5 nitrogen and oxygen atoms in total. The zero-order chi connectivity index (χ0) is 13.8. The lowest BCUT2D eigenvalue weighted by atomic mass is 10.2. The third-order valence-corrected chi connectivity index (χ3v) is 2.81. The number of amides is 1. The van der Waals surface area contributed by atoms with Crippen molar-refractivity contribution < 1.29 is 9.21 Å². The highest BCUT2D eigenvalue weighted by molar-refractivity contribution is 6.05. The maximum atomic E-state index is 12.5. The predicted molar refractivity (Wildman–Crippen MR) is 74.1 cm³/mol. The van der Waals surface area contributed by atoms with Crippen LogP contribution in [0.3, 0.4) is 0 Å². The summed E-state index contributed by atoms with van der Waals surface area (Å²) in [6.07, 6.45) is 2.12. The number of nitrogen functional groups attached to an aromatic ring is 1. The van der Waals surface area contributed by atoms with E-state index in [-0.39, 0.29) is 11.7 Å². The van der Waals surface area contributed by atoms with Crippen molar-refractivity contribution in [3.63, 3.8) is 0 Å². The van der Waals surface area contributed by atoms with Gasteiger partial charge in [-0.3, -0.25) is 4.79 Å². The lowest BCUT2D eigenvalue weighted by Crippen LogP contribution is -2.31. The number of nitrogens with two attached hydrogens (primary N) is 1. The average molecular weight is 259 g/mol. The minimum absolute atomic E-state index is 0.192. The van der Waals surface area contributed by atoms with E-state index in [0.29, 0.717) is 17.9 Å². The molecule has 0 saturated heterocycles. The number of oxazole rings is 1. The fourth-order valence-electron chi connectivity index (χ4n) is 1.89. The van der Waals surface area contributed by atoms with Crippen molar-refractivity contribution in [2.45, 2.75) is 20.3 Å². The summed E-state index contributed by atoms with van der Waals surface area (Å²) in [5.41, 5.74) is 7.75. The number of carbonyl (C=O) groups excluding carboxylic acids is 1. The molecule has 0 aliphatic heterocycles. The molecule has 100 valence electrons. The fourth-order valence-corrected chi connectivity index (χ4v) is 1.89. The lowest BCUT2D eigenvalue weighted by molar-refractivity contribution is 0.0959. The van der Waals surface area contributed by atoms with Crippen LogP contribution in [0.5, 0.6) is 0 Å². The van der Waals surface area contributed by atoms with Gasteiger partial charge in [0.15, 0.2) is 6.39 Å². The summed E-state index contributed by atoms with van der Waals surface area (Å²) < 4.78 is 5.17. The number of nitrogens with zero attached hydrogens (tertiary/aromatic N) is 2. The summed E-state index contributed by atoms with van der Waals surface area (Å²) in [6, 6.07) is 7.25. The van der Waals surface area contributed by atoms with Crippen LogP contribution >= 0.6 is 0 Å². The van der Waals surface area contributed by atoms with Crippen LogP contribution in [0.1, 0.15) is 29.6 Å². The number of carbonyl (C=O) groups is 1. The summed E-state index contributed by atoms with van der Waals surface area (Å²) in [5, 5.41) is 0. The number of aromatic nitrogens is 1. The molecule has 0 radical (unpaired) electrons. The molecular formula is C14H17N3O2. The maximum absolute atomic E-state index is 12.5. The van der Waals surface area contributed by atoms with Crippen molar-refractivity contribution in [2.75, 3.05) is 17.2 Å². The number of aryl methyl sites for hydroxylation is 1. The van der Waals surface area contributed by atoms with Crippen LogP contribution in [0.4, 0.5) is 11.4 Å². The van der Waals surface area contributed by atoms with Crippen molar-refractivity contribution >= 4 is 17.3 Å². The Morgan fingerprint density at radius 3 is 2.84 bits per heavy atom. The molecule has 0 unspecified atom stereocenters. The van der Waals surface area contributed by atoms with E-state index < -0.39 is 0 Å². The van der Waals surface area contributed by atoms with E-state index in [1.165, 1.54) is 6.39 Å². The first-order valence-electron chi connectivity index (χ1n) is 6.21. The van der Waals surface area contributed by atoms with Gasteiger partial charge in [-0.2, -0.15) is 0 Å². The highest BCUT2D eigenvalue weighted by Gasteiger charge is 2.22. The van der Waals surface area contributed by atoms with Gasteiger partial charge in [0.25, 0.3) is 5.91 Å². The van der Waals surface area contributed by atoms with E-state index in [2.05, 4.69) is 4.98 Å². The topological polar surface area (TPSA) is 72.4 Å². The van der Waals surface area contributed by atoms with E-state index >= 15 is 0 Å². The molecule has 1 aromatic heterocycles. The normalized spacial score (nSPS) is 10.4. The Balaban J connectivity index is 2.35. The van der Waals surface area contributed by atoms with E-state index in [1.54, 1.807) is 24.0 Å². The summed E-state index contributed by atoms with van der Waals surface area (Å²) in [6.45, 7) is 4.36. The van der Waals surface area contributed by atoms with Crippen LogP contribution < -0.4 is 10.6 Å². The highest BCUT2D eigenvalue weighted by atomic mass is 16.3. The number of hydrogen-bond donors (Lipinski definition) is 1. The van der Waals surface area contributed by atoms with Crippen LogP contribution in [0.2, 0.25) is 0 Å². The van der Waals surface area contributed by atoms with Gasteiger partial charge in [-0.1, -0.05) is 13.0 Å². The van der Waals surface area contributed by atoms with Gasteiger partial charge in [-0.15, -0.1) is 0 Å². The van der Waals surface area contributed by atoms with E-state index in [1.807, 2.05) is 19.1 Å². The summed E-state index contributed by atoms with van der Waals surface area (Å²) in [5.74, 6) is 0.0818. The first kappa shape index (κ1) is 13.1. The molecule has 0 spiro atoms. The van der Waals surface area contributed by atoms with Gasteiger partial charge in [0.2, 0.25) is 5.76 Å². The molecule has 0 aliphatic carbocycles. The van der Waals surface area contributed by atoms with Gasteiger partial charge in [-0.25, -0.2) is 4.98 Å². The van der Waals surface area contributed by atoms with Gasteiger partial charge in [0.1, 0.15) is 0 Å².